The molecule has 0 aliphatic rings. The molecule has 2 aromatic rings. The zero-order chi connectivity index (χ0) is 12.1. The van der Waals surface area contributed by atoms with E-state index in [-0.39, 0.29) is 11.7 Å². The Morgan fingerprint density at radius 3 is 2.59 bits per heavy atom. The summed E-state index contributed by atoms with van der Waals surface area (Å²) in [4.78, 5) is 11.9. The fourth-order valence-corrected chi connectivity index (χ4v) is 1.78. The monoisotopic (exact) mass is 226 g/mol. The van der Waals surface area contributed by atoms with Gasteiger partial charge in [-0.3, -0.25) is 4.79 Å². The summed E-state index contributed by atoms with van der Waals surface area (Å²) in [7, 11) is 0. The van der Waals surface area contributed by atoms with Crippen molar-refractivity contribution < 1.29 is 9.21 Å². The Labute approximate surface area is 101 Å². The lowest BCUT2D eigenvalue weighted by molar-refractivity contribution is 0.0951. The lowest BCUT2D eigenvalue weighted by atomic mass is 9.93. The summed E-state index contributed by atoms with van der Waals surface area (Å²) < 4.78 is 5.09. The van der Waals surface area contributed by atoms with Crippen LogP contribution in [0, 0.1) is 0 Å². The van der Waals surface area contributed by atoms with Gasteiger partial charge in [0.1, 0.15) is 0 Å². The Hall–Kier alpha value is -2.09. The topological polar surface area (TPSA) is 30.2 Å². The van der Waals surface area contributed by atoms with Crippen molar-refractivity contribution in [3.05, 3.63) is 72.7 Å². The largest absolute Gasteiger partial charge is 0.461 e. The number of Topliss-reactive ketones (excluding diaryl/α,β-unsaturated/α-hetero) is 1. The van der Waals surface area contributed by atoms with Crippen LogP contribution in [0.25, 0.3) is 0 Å². The van der Waals surface area contributed by atoms with Gasteiger partial charge in [0.2, 0.25) is 0 Å². The van der Waals surface area contributed by atoms with Crippen LogP contribution in [0.3, 0.4) is 0 Å². The highest BCUT2D eigenvalue weighted by atomic mass is 16.3. The van der Waals surface area contributed by atoms with Crippen LogP contribution >= 0.6 is 0 Å². The molecule has 1 heterocycles. The highest BCUT2D eigenvalue weighted by Crippen LogP contribution is 2.22. The van der Waals surface area contributed by atoms with Gasteiger partial charge in [0.25, 0.3) is 0 Å². The number of furan rings is 1. The van der Waals surface area contributed by atoms with E-state index in [1.807, 2.05) is 30.3 Å². The van der Waals surface area contributed by atoms with Crippen molar-refractivity contribution in [3.8, 4) is 0 Å². The highest BCUT2D eigenvalue weighted by Gasteiger charge is 2.15. The molecule has 0 saturated heterocycles. The van der Waals surface area contributed by atoms with E-state index in [4.69, 9.17) is 4.42 Å². The van der Waals surface area contributed by atoms with Crippen molar-refractivity contribution >= 4 is 5.78 Å². The van der Waals surface area contributed by atoms with E-state index in [2.05, 4.69) is 6.58 Å². The molecule has 2 heteroatoms. The number of benzene rings is 1. The molecule has 0 N–H and O–H groups in total. The molecule has 1 atom stereocenters. The van der Waals surface area contributed by atoms with Gasteiger partial charge in [-0.25, -0.2) is 0 Å². The number of carbonyl (C=O) groups is 1. The molecule has 1 unspecified atom stereocenters. The fraction of sp³-hybridized carbons (Fsp3) is 0.133. The predicted octanol–water partition coefficient (Wildman–Crippen LogP) is 3.82. The third kappa shape index (κ3) is 2.72. The van der Waals surface area contributed by atoms with E-state index in [0.29, 0.717) is 12.2 Å². The van der Waals surface area contributed by atoms with Crippen LogP contribution in [0.4, 0.5) is 0 Å². The Morgan fingerprint density at radius 1 is 1.24 bits per heavy atom. The number of hydrogen-bond donors (Lipinski definition) is 0. The maximum atomic E-state index is 11.9. The van der Waals surface area contributed by atoms with Crippen molar-refractivity contribution in [2.45, 2.75) is 12.3 Å². The predicted molar refractivity (Wildman–Crippen MR) is 67.0 cm³/mol. The van der Waals surface area contributed by atoms with E-state index in [0.717, 1.165) is 5.56 Å². The van der Waals surface area contributed by atoms with E-state index >= 15 is 0 Å². The Bertz CT molecular complexity index is 483. The summed E-state index contributed by atoms with van der Waals surface area (Å²) in [6.07, 6.45) is 3.70. The first-order chi connectivity index (χ1) is 8.31. The fourth-order valence-electron chi connectivity index (χ4n) is 1.78. The first-order valence-electron chi connectivity index (χ1n) is 5.55. The summed E-state index contributed by atoms with van der Waals surface area (Å²) in [5.41, 5.74) is 1.10. The van der Waals surface area contributed by atoms with Crippen molar-refractivity contribution in [1.82, 2.24) is 0 Å². The summed E-state index contributed by atoms with van der Waals surface area (Å²) >= 11 is 0. The van der Waals surface area contributed by atoms with Gasteiger partial charge in [0.15, 0.2) is 11.5 Å². The van der Waals surface area contributed by atoms with Gasteiger partial charge < -0.3 is 4.42 Å². The van der Waals surface area contributed by atoms with Crippen molar-refractivity contribution in [2.24, 2.45) is 0 Å². The Kier molecular flexibility index (Phi) is 3.55. The minimum atomic E-state index is 0.00348. The molecular formula is C15H14O2. The number of carbonyl (C=O) groups excluding carboxylic acids is 1. The molecule has 0 saturated carbocycles. The van der Waals surface area contributed by atoms with Crippen molar-refractivity contribution in [3.63, 3.8) is 0 Å². The second-order valence-corrected chi connectivity index (χ2v) is 3.86. The molecule has 2 rings (SSSR count). The van der Waals surface area contributed by atoms with Gasteiger partial charge >= 0.3 is 0 Å². The molecule has 0 fully saturated rings. The molecular weight excluding hydrogens is 212 g/mol. The van der Waals surface area contributed by atoms with Gasteiger partial charge in [0, 0.05) is 12.3 Å². The van der Waals surface area contributed by atoms with Crippen molar-refractivity contribution in [2.75, 3.05) is 0 Å². The molecule has 17 heavy (non-hydrogen) atoms. The summed E-state index contributed by atoms with van der Waals surface area (Å²) in [5.74, 6) is 0.449. The number of hydrogen-bond acceptors (Lipinski definition) is 2. The standard InChI is InChI=1S/C15H14O2/c1-2-12(13-7-4-3-5-8-13)11-14(16)15-9-6-10-17-15/h2-10,12H,1,11H2. The van der Waals surface area contributed by atoms with Crippen LogP contribution < -0.4 is 0 Å². The minimum absolute atomic E-state index is 0.00348. The maximum Gasteiger partial charge on any atom is 0.198 e. The molecule has 0 spiro atoms. The van der Waals surface area contributed by atoms with Crippen LogP contribution in [0.2, 0.25) is 0 Å². The SMILES string of the molecule is C=CC(CC(=O)c1ccco1)c1ccccc1. The molecule has 0 radical (unpaired) electrons. The van der Waals surface area contributed by atoms with E-state index in [1.54, 1.807) is 18.2 Å². The molecule has 86 valence electrons. The third-order valence-corrected chi connectivity index (χ3v) is 2.71. The van der Waals surface area contributed by atoms with Crippen LogP contribution in [-0.2, 0) is 0 Å². The Morgan fingerprint density at radius 2 is 2.00 bits per heavy atom. The normalized spacial score (nSPS) is 12.0. The zero-order valence-electron chi connectivity index (χ0n) is 9.50. The number of allylic oxidation sites excluding steroid dienone is 1. The van der Waals surface area contributed by atoms with Crippen LogP contribution in [0.15, 0.2) is 65.8 Å². The second-order valence-electron chi connectivity index (χ2n) is 3.86. The molecule has 2 nitrogen and oxygen atoms in total. The first kappa shape index (κ1) is 11.4. The van der Waals surface area contributed by atoms with Crippen molar-refractivity contribution in [1.29, 1.82) is 0 Å². The lowest BCUT2D eigenvalue weighted by Crippen LogP contribution is -2.04. The van der Waals surface area contributed by atoms with Crippen LogP contribution in [-0.4, -0.2) is 5.78 Å². The lowest BCUT2D eigenvalue weighted by Gasteiger charge is -2.10. The number of rotatable bonds is 5. The average Bonchev–Trinajstić information content (AvgIpc) is 2.90. The van der Waals surface area contributed by atoms with Crippen LogP contribution in [0.5, 0.6) is 0 Å². The maximum absolute atomic E-state index is 11.9. The van der Waals surface area contributed by atoms with E-state index in [1.165, 1.54) is 6.26 Å². The first-order valence-corrected chi connectivity index (χ1v) is 5.55. The second kappa shape index (κ2) is 5.30. The molecule has 0 amide bonds. The highest BCUT2D eigenvalue weighted by molar-refractivity contribution is 5.94. The third-order valence-electron chi connectivity index (χ3n) is 2.71. The summed E-state index contributed by atoms with van der Waals surface area (Å²) in [6.45, 7) is 3.79. The molecule has 1 aromatic heterocycles. The number of ketones is 1. The van der Waals surface area contributed by atoms with E-state index < -0.39 is 0 Å². The van der Waals surface area contributed by atoms with Gasteiger partial charge in [-0.2, -0.15) is 0 Å². The molecule has 0 aliphatic heterocycles. The molecule has 0 aliphatic carbocycles. The summed E-state index contributed by atoms with van der Waals surface area (Å²) in [5, 5.41) is 0. The molecule has 0 bridgehead atoms. The smallest absolute Gasteiger partial charge is 0.198 e. The summed E-state index contributed by atoms with van der Waals surface area (Å²) in [6, 6.07) is 13.3. The van der Waals surface area contributed by atoms with Gasteiger partial charge in [-0.1, -0.05) is 36.4 Å². The van der Waals surface area contributed by atoms with Crippen LogP contribution in [0.1, 0.15) is 28.5 Å². The minimum Gasteiger partial charge on any atom is -0.461 e. The van der Waals surface area contributed by atoms with E-state index in [9.17, 15) is 4.79 Å². The zero-order valence-corrected chi connectivity index (χ0v) is 9.50. The van der Waals surface area contributed by atoms with Gasteiger partial charge in [-0.15, -0.1) is 6.58 Å². The Balaban J connectivity index is 2.11. The van der Waals surface area contributed by atoms with Gasteiger partial charge in [-0.05, 0) is 17.7 Å². The van der Waals surface area contributed by atoms with Gasteiger partial charge in [0.05, 0.1) is 6.26 Å². The average molecular weight is 226 g/mol. The molecule has 1 aromatic carbocycles. The quantitative estimate of drug-likeness (QED) is 0.573.